The number of hydrogen-bond donors (Lipinski definition) is 4. The van der Waals surface area contributed by atoms with Gasteiger partial charge in [0.1, 0.15) is 0 Å². The van der Waals surface area contributed by atoms with Gasteiger partial charge >= 0.3 is 0 Å². The molecule has 0 spiro atoms. The lowest BCUT2D eigenvalue weighted by Crippen LogP contribution is -2.41. The number of nitrogens with one attached hydrogen (secondary N) is 4. The molecule has 14 nitrogen and oxygen atoms in total. The molecule has 1 rings (SSSR count). The molecule has 0 saturated carbocycles. The Labute approximate surface area is 657 Å². The first-order valence-corrected chi connectivity index (χ1v) is 40.1. The molecule has 105 heavy (non-hydrogen) atoms. The van der Waals surface area contributed by atoms with E-state index in [9.17, 15) is 19.2 Å². The number of benzene rings is 1. The van der Waals surface area contributed by atoms with Crippen molar-refractivity contribution in [3.63, 3.8) is 0 Å². The van der Waals surface area contributed by atoms with Crippen LogP contribution in [-0.2, 0) is 59.6 Å². The summed E-state index contributed by atoms with van der Waals surface area (Å²) in [7, 11) is 0. The first-order valence-electron chi connectivity index (χ1n) is 40.1. The molecule has 0 aliphatic rings. The molecule has 0 heterocycles. The van der Waals surface area contributed by atoms with E-state index in [1.807, 2.05) is 90.0 Å². The van der Waals surface area contributed by atoms with E-state index in [4.69, 9.17) is 28.4 Å². The molecule has 0 bridgehead atoms. The molecule has 1 aromatic rings. The van der Waals surface area contributed by atoms with Crippen LogP contribution in [0.15, 0.2) is 24.3 Å². The molecule has 14 heteroatoms. The Bertz CT molecular complexity index is 2130. The first kappa shape index (κ1) is 120. The second-order valence-electron chi connectivity index (χ2n) is 43.3. The molecular weight excluding hydrogens is 1310 g/mol. The summed E-state index contributed by atoms with van der Waals surface area (Å²) < 4.78 is 32.9. The van der Waals surface area contributed by atoms with Crippen LogP contribution in [0.3, 0.4) is 0 Å². The molecule has 0 saturated heterocycles. The second kappa shape index (κ2) is 57.8. The van der Waals surface area contributed by atoms with Crippen LogP contribution >= 0.6 is 0 Å². The minimum Gasteiger partial charge on any atom is -0.379 e. The summed E-state index contributed by atoms with van der Waals surface area (Å²) in [5.41, 5.74) is 3.23. The van der Waals surface area contributed by atoms with Gasteiger partial charge < -0.3 is 49.7 Å². The molecule has 0 atom stereocenters. The number of carbonyl (C=O) groups is 4. The first-order chi connectivity index (χ1) is 46.1. The maximum Gasteiger partial charge on any atom is 0.225 e. The molecule has 1 aromatic carbocycles. The van der Waals surface area contributed by atoms with Crippen LogP contribution in [0.5, 0.6) is 0 Å². The quantitative estimate of drug-likeness (QED) is 0.0985. The fourth-order valence-electron chi connectivity index (χ4n) is 6.35. The van der Waals surface area contributed by atoms with Gasteiger partial charge in [-0.2, -0.15) is 0 Å². The molecule has 0 radical (unpaired) electrons. The third kappa shape index (κ3) is 128. The fraction of sp³-hybridized carbons (Fsp3) is 0.890. The summed E-state index contributed by atoms with van der Waals surface area (Å²) in [6.45, 7) is 113. The van der Waals surface area contributed by atoms with Crippen LogP contribution in [0.25, 0.3) is 0 Å². The summed E-state index contributed by atoms with van der Waals surface area (Å²) in [6.07, 6.45) is 2.28. The van der Waals surface area contributed by atoms with Crippen LogP contribution < -0.4 is 21.3 Å². The van der Waals surface area contributed by atoms with E-state index in [0.29, 0.717) is 67.3 Å². The Morgan fingerprint density at radius 1 is 0.381 bits per heavy atom. The van der Waals surface area contributed by atoms with Crippen LogP contribution in [0, 0.1) is 62.6 Å². The third-order valence-corrected chi connectivity index (χ3v) is 11.6. The van der Waals surface area contributed by atoms with Crippen molar-refractivity contribution in [2.24, 2.45) is 62.6 Å². The largest absolute Gasteiger partial charge is 0.379 e. The molecule has 0 fully saturated rings. The summed E-state index contributed by atoms with van der Waals surface area (Å²) in [6, 6.07) is 8.65. The highest BCUT2D eigenvalue weighted by molar-refractivity contribution is 5.81. The van der Waals surface area contributed by atoms with Gasteiger partial charge in [0.15, 0.2) is 0 Å². The monoisotopic (exact) mass is 1500 g/mol. The van der Waals surface area contributed by atoms with Gasteiger partial charge in [0.05, 0.1) is 54.9 Å². The smallest absolute Gasteiger partial charge is 0.225 e. The van der Waals surface area contributed by atoms with Crippen LogP contribution in [0.4, 0.5) is 0 Å². The maximum absolute atomic E-state index is 11.4. The highest BCUT2D eigenvalue weighted by Gasteiger charge is 2.24. The maximum atomic E-state index is 11.4. The van der Waals surface area contributed by atoms with Crippen LogP contribution in [0.1, 0.15) is 377 Å². The molecule has 0 aromatic heterocycles. The predicted octanol–water partition coefficient (Wildman–Crippen LogP) is 24.1. The lowest BCUT2D eigenvalue weighted by Gasteiger charge is -2.26. The summed E-state index contributed by atoms with van der Waals surface area (Å²) in [5.74, 6) is 3.62. The minimum absolute atomic E-state index is 0.00722. The van der Waals surface area contributed by atoms with E-state index >= 15 is 0 Å². The van der Waals surface area contributed by atoms with Crippen molar-refractivity contribution in [1.29, 1.82) is 0 Å². The van der Waals surface area contributed by atoms with Crippen LogP contribution in [0.2, 0.25) is 0 Å². The number of hydrogen-bond acceptors (Lipinski definition) is 10. The Hall–Kier alpha value is -3.14. The highest BCUT2D eigenvalue weighted by atomic mass is 16.5. The zero-order valence-corrected chi connectivity index (χ0v) is 80.2. The van der Waals surface area contributed by atoms with Gasteiger partial charge in [-0.3, -0.25) is 19.2 Å². The van der Waals surface area contributed by atoms with E-state index < -0.39 is 0 Å². The van der Waals surface area contributed by atoms with Gasteiger partial charge in [-0.1, -0.05) is 232 Å². The SMILES string of the molecule is CC(C)(C)CC(=O)NC(C)(C)C.CC(C)(C)CNC(=O)C(C)(C)C.CC(C)(C)COC(C)(C)C.CC(C)(C)COC(C)(C)C.CC(C)CC(=O)NC(C)(C)C.CC(C)CNC(=O)C(C)C.CC(C)COC(C)(C)C.CC(C)COC(C)C.CC(C)COC(C)C.CC(C)OCc1cccc(C(C)(C)C)c1. The average molecular weight is 1500 g/mol. The number of rotatable bonds is 20. The van der Waals surface area contributed by atoms with Crippen molar-refractivity contribution in [3.8, 4) is 0 Å². The zero-order valence-electron chi connectivity index (χ0n) is 80.2. The van der Waals surface area contributed by atoms with Crippen molar-refractivity contribution < 1.29 is 47.6 Å². The van der Waals surface area contributed by atoms with E-state index in [1.165, 1.54) is 11.1 Å². The zero-order chi connectivity index (χ0) is 86.1. The molecule has 4 N–H and O–H groups in total. The minimum atomic E-state index is -0.273. The van der Waals surface area contributed by atoms with Gasteiger partial charge in [0.2, 0.25) is 23.6 Å². The highest BCUT2D eigenvalue weighted by Crippen LogP contribution is 2.24. The van der Waals surface area contributed by atoms with Gasteiger partial charge in [-0.25, -0.2) is 0 Å². The predicted molar refractivity (Wildman–Crippen MR) is 462 cm³/mol. The normalized spacial score (nSPS) is 12.3. The van der Waals surface area contributed by atoms with Crippen LogP contribution in [-0.4, -0.2) is 116 Å². The van der Waals surface area contributed by atoms with E-state index in [-0.39, 0.29) is 89.9 Å². The Morgan fingerprint density at radius 3 is 0.952 bits per heavy atom. The third-order valence-electron chi connectivity index (χ3n) is 11.6. The molecule has 0 unspecified atom stereocenters. The van der Waals surface area contributed by atoms with Crippen molar-refractivity contribution in [3.05, 3.63) is 35.4 Å². The summed E-state index contributed by atoms with van der Waals surface area (Å²) >= 11 is 0. The summed E-state index contributed by atoms with van der Waals surface area (Å²) in [5, 5.41) is 11.6. The van der Waals surface area contributed by atoms with Crippen molar-refractivity contribution in [2.75, 3.05) is 46.1 Å². The van der Waals surface area contributed by atoms with E-state index in [1.54, 1.807) is 0 Å². The molecule has 4 amide bonds. The molecule has 634 valence electrons. The summed E-state index contributed by atoms with van der Waals surface area (Å²) in [4.78, 5) is 44.9. The average Bonchev–Trinajstić information content (AvgIpc) is 0.856. The Balaban J connectivity index is -0.000000140. The topological polar surface area (TPSA) is 172 Å². The van der Waals surface area contributed by atoms with E-state index in [2.05, 4.69) is 309 Å². The lowest BCUT2D eigenvalue weighted by molar-refractivity contribution is -0.129. The van der Waals surface area contributed by atoms with Crippen molar-refractivity contribution in [1.82, 2.24) is 21.3 Å². The van der Waals surface area contributed by atoms with Gasteiger partial charge in [0.25, 0.3) is 0 Å². The lowest BCUT2D eigenvalue weighted by atomic mass is 9.86. The van der Waals surface area contributed by atoms with Gasteiger partial charge in [-0.05, 0) is 213 Å². The Kier molecular flexibility index (Phi) is 66.2. The van der Waals surface area contributed by atoms with Crippen molar-refractivity contribution in [2.45, 2.75) is 424 Å². The molecule has 0 aliphatic heterocycles. The Morgan fingerprint density at radius 2 is 0.733 bits per heavy atom. The van der Waals surface area contributed by atoms with Gasteiger partial charge in [-0.15, -0.1) is 0 Å². The second-order valence-corrected chi connectivity index (χ2v) is 43.3. The molecule has 0 aliphatic carbocycles. The van der Waals surface area contributed by atoms with E-state index in [0.717, 1.165) is 46.1 Å². The number of carbonyl (C=O) groups excluding carboxylic acids is 4. The number of amides is 4. The number of ether oxygens (including phenoxy) is 6. The molecular formula is C91H190N4O10. The fourth-order valence-corrected chi connectivity index (χ4v) is 6.35. The standard InChI is InChI=1S/C14H22O.2C10H21NO.C9H19NO.2C9H20O.C8H17NO.C8H18O.2C7H16O/c1-11(2)15-10-12-7-6-8-13(9-12)14(3,4)5;1-9(2,3)7-11-8(12)10(4,5)6;1-9(2,3)7-8(12)11-10(4,5)6;1-7(2)6-8(11)10-9(3,4)5;2*1-8(2,3)7-10-9(4,5)6;1-6(2)5-9-8(10)7(3)4;1-7(2)6-9-8(3,4)5;2*1-6(2)5-8-7(3)4/h6-9,11H,10H2,1-5H3;2*7H2,1-6H3,(H,11,12);7H,6H2,1-5H3,(H,10,11);2*7H2,1-6H3;6-7H,5H2,1-4H3,(H,9,10);7H,6H2,1-5H3;2*6-7H,5H2,1-4H3. The van der Waals surface area contributed by atoms with Gasteiger partial charge in [0, 0.05) is 68.2 Å². The van der Waals surface area contributed by atoms with Crippen molar-refractivity contribution >= 4 is 23.6 Å².